The quantitative estimate of drug-likeness (QED) is 0.662. The highest BCUT2D eigenvalue weighted by atomic mass is 16.1. The molecule has 0 aromatic rings. The van der Waals surface area contributed by atoms with Crippen molar-refractivity contribution in [3.05, 3.63) is 0 Å². The van der Waals surface area contributed by atoms with Gasteiger partial charge in [-0.1, -0.05) is 20.3 Å². The van der Waals surface area contributed by atoms with Gasteiger partial charge in [0.2, 0.25) is 0 Å². The zero-order valence-electron chi connectivity index (χ0n) is 9.73. The molecule has 2 heteroatoms. The van der Waals surface area contributed by atoms with Crippen LogP contribution in [0.25, 0.3) is 0 Å². The summed E-state index contributed by atoms with van der Waals surface area (Å²) in [6.07, 6.45) is 4.85. The molecule has 0 spiro atoms. The topological polar surface area (TPSA) is 29.1 Å². The van der Waals surface area contributed by atoms with E-state index in [9.17, 15) is 4.79 Å². The Labute approximate surface area is 87.5 Å². The van der Waals surface area contributed by atoms with Crippen LogP contribution in [0.3, 0.4) is 0 Å². The van der Waals surface area contributed by atoms with E-state index in [0.29, 0.717) is 11.8 Å². The maximum Gasteiger partial charge on any atom is 0.131 e. The molecule has 1 N–H and O–H groups in total. The van der Waals surface area contributed by atoms with Gasteiger partial charge in [-0.25, -0.2) is 0 Å². The molecular formula is C12H23NO. The van der Waals surface area contributed by atoms with Crippen LogP contribution in [0.1, 0.15) is 46.5 Å². The van der Waals surface area contributed by atoms with Gasteiger partial charge in [-0.3, -0.25) is 4.79 Å². The van der Waals surface area contributed by atoms with Gasteiger partial charge in [0.1, 0.15) is 5.78 Å². The molecule has 82 valence electrons. The first-order chi connectivity index (χ1) is 6.52. The van der Waals surface area contributed by atoms with E-state index in [1.807, 2.05) is 0 Å². The van der Waals surface area contributed by atoms with Crippen molar-refractivity contribution in [3.8, 4) is 0 Å². The minimum Gasteiger partial charge on any atom is -0.316 e. The summed E-state index contributed by atoms with van der Waals surface area (Å²) in [5.41, 5.74) is 0.412. The Morgan fingerprint density at radius 3 is 2.50 bits per heavy atom. The fourth-order valence-electron chi connectivity index (χ4n) is 2.01. The number of hydrogen-bond acceptors (Lipinski definition) is 2. The molecule has 1 fully saturated rings. The average Bonchev–Trinajstić information content (AvgIpc) is 1.93. The van der Waals surface area contributed by atoms with Gasteiger partial charge in [0.15, 0.2) is 0 Å². The minimum atomic E-state index is 0.277. The lowest BCUT2D eigenvalue weighted by molar-refractivity contribution is -0.116. The van der Waals surface area contributed by atoms with Gasteiger partial charge in [-0.05, 0) is 31.1 Å². The van der Waals surface area contributed by atoms with Crippen LogP contribution in [0, 0.1) is 11.3 Å². The smallest absolute Gasteiger partial charge is 0.131 e. The third kappa shape index (κ3) is 3.41. The molecule has 14 heavy (non-hydrogen) atoms. The Kier molecular flexibility index (Phi) is 4.11. The highest BCUT2D eigenvalue weighted by Crippen LogP contribution is 2.41. The van der Waals surface area contributed by atoms with Gasteiger partial charge in [0.25, 0.3) is 0 Å². The summed E-state index contributed by atoms with van der Waals surface area (Å²) >= 11 is 0. The molecule has 1 saturated carbocycles. The number of rotatable bonds is 6. The van der Waals surface area contributed by atoms with Gasteiger partial charge in [-0.2, -0.15) is 0 Å². The first-order valence-corrected chi connectivity index (χ1v) is 5.72. The van der Waals surface area contributed by atoms with Crippen LogP contribution in [-0.4, -0.2) is 18.9 Å². The predicted octanol–water partition coefficient (Wildman–Crippen LogP) is 2.38. The van der Waals surface area contributed by atoms with Gasteiger partial charge >= 0.3 is 0 Å². The Balaban J connectivity index is 2.12. The van der Waals surface area contributed by atoms with E-state index in [2.05, 4.69) is 19.2 Å². The van der Waals surface area contributed by atoms with E-state index >= 15 is 0 Å². The second kappa shape index (κ2) is 4.92. The van der Waals surface area contributed by atoms with Crippen molar-refractivity contribution < 1.29 is 4.79 Å². The molecule has 0 aromatic heterocycles. The van der Waals surface area contributed by atoms with Crippen molar-refractivity contribution in [1.82, 2.24) is 5.32 Å². The second-order valence-corrected chi connectivity index (χ2v) is 5.25. The maximum absolute atomic E-state index is 10.7. The van der Waals surface area contributed by atoms with E-state index in [1.165, 1.54) is 19.3 Å². The van der Waals surface area contributed by atoms with E-state index in [-0.39, 0.29) is 5.78 Å². The summed E-state index contributed by atoms with van der Waals surface area (Å²) in [4.78, 5) is 10.7. The van der Waals surface area contributed by atoms with Gasteiger partial charge in [0.05, 0.1) is 0 Å². The first-order valence-electron chi connectivity index (χ1n) is 5.72. The molecule has 0 bridgehead atoms. The fraction of sp³-hybridized carbons (Fsp3) is 0.917. The first kappa shape index (κ1) is 11.7. The molecular weight excluding hydrogens is 174 g/mol. The fourth-order valence-corrected chi connectivity index (χ4v) is 2.01. The normalized spacial score (nSPS) is 17.9. The monoisotopic (exact) mass is 197 g/mol. The van der Waals surface area contributed by atoms with E-state index in [0.717, 1.165) is 19.0 Å². The summed E-state index contributed by atoms with van der Waals surface area (Å²) in [5, 5.41) is 3.39. The molecule has 0 aromatic carbocycles. The SMILES string of the molecule is CC(=O)CCNCC(C)(C)C1CCC1. The lowest BCUT2D eigenvalue weighted by Crippen LogP contribution is -2.39. The summed E-state index contributed by atoms with van der Waals surface area (Å²) in [6.45, 7) is 8.20. The number of Topliss-reactive ketones (excluding diaryl/α,β-unsaturated/α-hetero) is 1. The van der Waals surface area contributed by atoms with Crippen LogP contribution in [-0.2, 0) is 4.79 Å². The Morgan fingerprint density at radius 1 is 1.43 bits per heavy atom. The zero-order valence-corrected chi connectivity index (χ0v) is 9.73. The number of carbonyl (C=O) groups is 1. The Hall–Kier alpha value is -0.370. The van der Waals surface area contributed by atoms with Crippen molar-refractivity contribution >= 4 is 5.78 Å². The second-order valence-electron chi connectivity index (χ2n) is 5.25. The number of ketones is 1. The Morgan fingerprint density at radius 2 is 2.07 bits per heavy atom. The number of nitrogens with one attached hydrogen (secondary N) is 1. The third-order valence-electron chi connectivity index (χ3n) is 3.44. The minimum absolute atomic E-state index is 0.277. The molecule has 1 rings (SSSR count). The average molecular weight is 197 g/mol. The number of carbonyl (C=O) groups excluding carboxylic acids is 1. The van der Waals surface area contributed by atoms with E-state index < -0.39 is 0 Å². The molecule has 0 aliphatic heterocycles. The van der Waals surface area contributed by atoms with Crippen molar-refractivity contribution in [2.45, 2.75) is 46.5 Å². The van der Waals surface area contributed by atoms with Crippen molar-refractivity contribution in [1.29, 1.82) is 0 Å². The van der Waals surface area contributed by atoms with E-state index in [1.54, 1.807) is 6.92 Å². The molecule has 1 aliphatic carbocycles. The van der Waals surface area contributed by atoms with Crippen LogP contribution < -0.4 is 5.32 Å². The van der Waals surface area contributed by atoms with Crippen LogP contribution >= 0.6 is 0 Å². The van der Waals surface area contributed by atoms with Crippen molar-refractivity contribution in [3.63, 3.8) is 0 Å². The highest BCUT2D eigenvalue weighted by molar-refractivity contribution is 5.75. The maximum atomic E-state index is 10.7. The van der Waals surface area contributed by atoms with Crippen LogP contribution in [0.15, 0.2) is 0 Å². The lowest BCUT2D eigenvalue weighted by atomic mass is 9.67. The van der Waals surface area contributed by atoms with Gasteiger partial charge in [-0.15, -0.1) is 0 Å². The van der Waals surface area contributed by atoms with E-state index in [4.69, 9.17) is 0 Å². The number of hydrogen-bond donors (Lipinski definition) is 1. The largest absolute Gasteiger partial charge is 0.316 e. The predicted molar refractivity (Wildman–Crippen MR) is 59.3 cm³/mol. The van der Waals surface area contributed by atoms with Crippen LogP contribution in [0.4, 0.5) is 0 Å². The van der Waals surface area contributed by atoms with Gasteiger partial charge < -0.3 is 5.32 Å². The Bertz CT molecular complexity index is 194. The molecule has 2 nitrogen and oxygen atoms in total. The lowest BCUT2D eigenvalue weighted by Gasteiger charge is -2.40. The molecule has 0 unspecified atom stereocenters. The van der Waals surface area contributed by atoms with Crippen LogP contribution in [0.5, 0.6) is 0 Å². The molecule has 0 heterocycles. The standard InChI is InChI=1S/C12H23NO/c1-10(14)7-8-13-9-12(2,3)11-5-4-6-11/h11,13H,4-9H2,1-3H3. The third-order valence-corrected chi connectivity index (χ3v) is 3.44. The summed E-state index contributed by atoms with van der Waals surface area (Å²) in [5.74, 6) is 1.17. The molecule has 0 saturated heterocycles. The molecule has 1 aliphatic rings. The van der Waals surface area contributed by atoms with Gasteiger partial charge in [0, 0.05) is 19.5 Å². The molecule has 0 radical (unpaired) electrons. The summed E-state index contributed by atoms with van der Waals surface area (Å²) in [6, 6.07) is 0. The molecule has 0 amide bonds. The summed E-state index contributed by atoms with van der Waals surface area (Å²) < 4.78 is 0. The van der Waals surface area contributed by atoms with Crippen LogP contribution in [0.2, 0.25) is 0 Å². The summed E-state index contributed by atoms with van der Waals surface area (Å²) in [7, 11) is 0. The van der Waals surface area contributed by atoms with Crippen molar-refractivity contribution in [2.24, 2.45) is 11.3 Å². The highest BCUT2D eigenvalue weighted by Gasteiger charge is 2.33. The molecule has 0 atom stereocenters. The van der Waals surface area contributed by atoms with Crippen molar-refractivity contribution in [2.75, 3.05) is 13.1 Å². The zero-order chi connectivity index (χ0) is 10.6.